The smallest absolute Gasteiger partial charge is 0.271 e. The van der Waals surface area contributed by atoms with E-state index >= 15 is 0 Å². The first-order chi connectivity index (χ1) is 12.9. The maximum Gasteiger partial charge on any atom is 0.273 e. The van der Waals surface area contributed by atoms with Crippen molar-refractivity contribution in [3.8, 4) is 5.69 Å². The molecule has 0 aliphatic carbocycles. The lowest BCUT2D eigenvalue weighted by Crippen LogP contribution is -2.43. The number of nitrogens with zero attached hydrogens (tertiary/aromatic N) is 4. The van der Waals surface area contributed by atoms with E-state index in [1.165, 1.54) is 21.6 Å². The largest absolute Gasteiger partial charge is 0.273 e. The summed E-state index contributed by atoms with van der Waals surface area (Å²) in [6, 6.07) is 7.98. The molecule has 140 valence electrons. The zero-order valence-corrected chi connectivity index (χ0v) is 15.2. The predicted molar refractivity (Wildman–Crippen MR) is 95.6 cm³/mol. The van der Waals surface area contributed by atoms with Gasteiger partial charge in [-0.15, -0.1) is 0 Å². The van der Waals surface area contributed by atoms with Crippen molar-refractivity contribution in [2.24, 2.45) is 0 Å². The van der Waals surface area contributed by atoms with Gasteiger partial charge in [-0.2, -0.15) is 10.2 Å². The van der Waals surface area contributed by atoms with Gasteiger partial charge in [-0.1, -0.05) is 12.1 Å². The summed E-state index contributed by atoms with van der Waals surface area (Å²) < 4.78 is 16.8. The first-order valence-corrected chi connectivity index (χ1v) is 8.26. The average molecular weight is 370 g/mol. The zero-order chi connectivity index (χ0) is 19.6. The number of rotatable bonds is 4. The molecule has 0 radical (unpaired) electrons. The van der Waals surface area contributed by atoms with E-state index in [-0.39, 0.29) is 17.8 Å². The molecule has 0 aliphatic rings. The molecule has 0 aliphatic heterocycles. The minimum absolute atomic E-state index is 0.0204. The highest BCUT2D eigenvalue weighted by Gasteiger charge is 2.17. The predicted octanol–water partition coefficient (Wildman–Crippen LogP) is 1.59. The lowest BCUT2D eigenvalue weighted by atomic mass is 10.2. The number of hydrazine groups is 1. The fourth-order valence-electron chi connectivity index (χ4n) is 2.70. The van der Waals surface area contributed by atoms with Crippen LogP contribution in [-0.4, -0.2) is 31.4 Å². The molecule has 0 fully saturated rings. The molecule has 0 bridgehead atoms. The summed E-state index contributed by atoms with van der Waals surface area (Å²) in [4.78, 5) is 24.3. The van der Waals surface area contributed by atoms with E-state index in [4.69, 9.17) is 0 Å². The zero-order valence-electron chi connectivity index (χ0n) is 15.2. The van der Waals surface area contributed by atoms with Crippen LogP contribution in [-0.2, 0) is 11.3 Å². The van der Waals surface area contributed by atoms with E-state index in [1.807, 2.05) is 19.9 Å². The van der Waals surface area contributed by atoms with E-state index in [0.29, 0.717) is 5.69 Å². The lowest BCUT2D eigenvalue weighted by molar-refractivity contribution is -0.122. The van der Waals surface area contributed by atoms with E-state index in [1.54, 1.807) is 25.1 Å². The quantitative estimate of drug-likeness (QED) is 0.682. The Labute approximate surface area is 155 Å². The molecule has 3 rings (SSSR count). The molecule has 0 saturated carbocycles. The Morgan fingerprint density at radius 1 is 1.15 bits per heavy atom. The molecule has 1 aromatic carbocycles. The Morgan fingerprint density at radius 2 is 1.89 bits per heavy atom. The number of aryl methyl sites for hydroxylation is 2. The van der Waals surface area contributed by atoms with Gasteiger partial charge in [0.1, 0.15) is 18.0 Å². The molecular weight excluding hydrogens is 351 g/mol. The average Bonchev–Trinajstić information content (AvgIpc) is 3.15. The Hall–Kier alpha value is -3.49. The van der Waals surface area contributed by atoms with E-state index in [2.05, 4.69) is 21.0 Å². The van der Waals surface area contributed by atoms with E-state index in [0.717, 1.165) is 11.4 Å². The van der Waals surface area contributed by atoms with E-state index in [9.17, 15) is 14.0 Å². The van der Waals surface area contributed by atoms with Crippen LogP contribution < -0.4 is 10.9 Å². The van der Waals surface area contributed by atoms with Gasteiger partial charge in [0.2, 0.25) is 0 Å². The number of carbonyl (C=O) groups excluding carboxylic acids is 2. The first-order valence-electron chi connectivity index (χ1n) is 8.26. The molecule has 8 nitrogen and oxygen atoms in total. The third kappa shape index (κ3) is 3.86. The fraction of sp³-hybridized carbons (Fsp3) is 0.222. The van der Waals surface area contributed by atoms with Gasteiger partial charge in [0.05, 0.1) is 23.1 Å². The molecule has 2 heterocycles. The molecule has 2 aromatic heterocycles. The summed E-state index contributed by atoms with van der Waals surface area (Å²) in [5, 5.41) is 8.26. The normalized spacial score (nSPS) is 10.7. The SMILES string of the molecule is Cc1cc(C)n(CC(=O)NNC(=O)c2cnn(-c3ccccc3F)c2C)n1. The molecule has 0 spiro atoms. The summed E-state index contributed by atoms with van der Waals surface area (Å²) in [7, 11) is 0. The Morgan fingerprint density at radius 3 is 2.56 bits per heavy atom. The van der Waals surface area contributed by atoms with Crippen molar-refractivity contribution in [1.29, 1.82) is 0 Å². The molecule has 0 unspecified atom stereocenters. The monoisotopic (exact) mass is 370 g/mol. The Bertz CT molecular complexity index is 1010. The highest BCUT2D eigenvalue weighted by molar-refractivity contribution is 5.96. The van der Waals surface area contributed by atoms with E-state index < -0.39 is 17.6 Å². The summed E-state index contributed by atoms with van der Waals surface area (Å²) in [6.45, 7) is 5.30. The van der Waals surface area contributed by atoms with Crippen molar-refractivity contribution < 1.29 is 14.0 Å². The van der Waals surface area contributed by atoms with Gasteiger partial charge in [-0.25, -0.2) is 9.07 Å². The molecule has 9 heteroatoms. The number of hydrogen-bond donors (Lipinski definition) is 2. The van der Waals surface area contributed by atoms with Gasteiger partial charge in [-0.05, 0) is 39.0 Å². The standard InChI is InChI=1S/C18H19FN6O2/c1-11-8-12(2)24(23-11)10-17(26)21-22-18(27)14-9-20-25(13(14)3)16-7-5-4-6-15(16)19/h4-9H,10H2,1-3H3,(H,21,26)(H,22,27). The highest BCUT2D eigenvalue weighted by Crippen LogP contribution is 2.16. The van der Waals surface area contributed by atoms with Crippen LogP contribution in [0.3, 0.4) is 0 Å². The number of nitrogens with one attached hydrogen (secondary N) is 2. The summed E-state index contributed by atoms with van der Waals surface area (Å²) >= 11 is 0. The summed E-state index contributed by atoms with van der Waals surface area (Å²) in [5.41, 5.74) is 7.25. The van der Waals surface area contributed by atoms with Crippen LogP contribution in [0.15, 0.2) is 36.5 Å². The topological polar surface area (TPSA) is 93.8 Å². The third-order valence-corrected chi connectivity index (χ3v) is 4.05. The van der Waals surface area contributed by atoms with Crippen molar-refractivity contribution in [3.05, 3.63) is 65.0 Å². The minimum Gasteiger partial charge on any atom is -0.271 e. The summed E-state index contributed by atoms with van der Waals surface area (Å²) in [5.74, 6) is -1.42. The summed E-state index contributed by atoms with van der Waals surface area (Å²) in [6.07, 6.45) is 1.32. The second kappa shape index (κ2) is 7.40. The number of halogens is 1. The maximum absolute atomic E-state index is 13.9. The maximum atomic E-state index is 13.9. The van der Waals surface area contributed by atoms with Gasteiger partial charge in [0.25, 0.3) is 11.8 Å². The number of amides is 2. The van der Waals surface area contributed by atoms with Crippen LogP contribution in [0.2, 0.25) is 0 Å². The molecule has 2 N–H and O–H groups in total. The van der Waals surface area contributed by atoms with Crippen LogP contribution >= 0.6 is 0 Å². The third-order valence-electron chi connectivity index (χ3n) is 4.05. The molecule has 0 atom stereocenters. The van der Waals surface area contributed by atoms with Gasteiger partial charge in [0, 0.05) is 5.69 Å². The first kappa shape index (κ1) is 18.3. The number of carbonyl (C=O) groups is 2. The van der Waals surface area contributed by atoms with Crippen molar-refractivity contribution in [2.45, 2.75) is 27.3 Å². The number of para-hydroxylation sites is 1. The number of hydrogen-bond acceptors (Lipinski definition) is 4. The number of aromatic nitrogens is 4. The van der Waals surface area contributed by atoms with Crippen LogP contribution in [0, 0.1) is 26.6 Å². The Balaban J connectivity index is 1.66. The molecule has 2 amide bonds. The molecule has 0 saturated heterocycles. The van der Waals surface area contributed by atoms with Crippen LogP contribution in [0.5, 0.6) is 0 Å². The van der Waals surface area contributed by atoms with Crippen molar-refractivity contribution in [3.63, 3.8) is 0 Å². The van der Waals surface area contributed by atoms with Gasteiger partial charge < -0.3 is 0 Å². The van der Waals surface area contributed by atoms with Gasteiger partial charge >= 0.3 is 0 Å². The molecule has 3 aromatic rings. The van der Waals surface area contributed by atoms with Crippen LogP contribution in [0.25, 0.3) is 5.69 Å². The second-order valence-electron chi connectivity index (χ2n) is 6.09. The molecular formula is C18H19FN6O2. The molecule has 27 heavy (non-hydrogen) atoms. The highest BCUT2D eigenvalue weighted by atomic mass is 19.1. The van der Waals surface area contributed by atoms with Crippen molar-refractivity contribution in [2.75, 3.05) is 0 Å². The fourth-order valence-corrected chi connectivity index (χ4v) is 2.70. The van der Waals surface area contributed by atoms with Crippen molar-refractivity contribution in [1.82, 2.24) is 30.4 Å². The Kier molecular flexibility index (Phi) is 5.02. The van der Waals surface area contributed by atoms with Gasteiger partial charge in [-0.3, -0.25) is 25.1 Å². The second-order valence-corrected chi connectivity index (χ2v) is 6.09. The lowest BCUT2D eigenvalue weighted by Gasteiger charge is -2.09. The van der Waals surface area contributed by atoms with Crippen LogP contribution in [0.4, 0.5) is 4.39 Å². The minimum atomic E-state index is -0.545. The van der Waals surface area contributed by atoms with Crippen molar-refractivity contribution >= 4 is 11.8 Å². The van der Waals surface area contributed by atoms with Gasteiger partial charge in [0.15, 0.2) is 0 Å². The van der Waals surface area contributed by atoms with Crippen LogP contribution in [0.1, 0.15) is 27.4 Å². The number of benzene rings is 1.